The first kappa shape index (κ1) is 20.2. The second kappa shape index (κ2) is 8.76. The van der Waals surface area contributed by atoms with Crippen LogP contribution in [-0.4, -0.2) is 54.8 Å². The molecule has 1 aliphatic rings. The molecule has 1 fully saturated rings. The summed E-state index contributed by atoms with van der Waals surface area (Å²) in [5, 5.41) is 0.342. The molecule has 0 aromatic carbocycles. The summed E-state index contributed by atoms with van der Waals surface area (Å²) in [6.45, 7) is 6.97. The zero-order valence-electron chi connectivity index (χ0n) is 17.1. The van der Waals surface area contributed by atoms with Crippen molar-refractivity contribution in [2.24, 2.45) is 0 Å². The van der Waals surface area contributed by atoms with Crippen molar-refractivity contribution in [3.05, 3.63) is 46.4 Å². The highest BCUT2D eigenvalue weighted by atomic mass is 16.5. The molecule has 0 bridgehead atoms. The number of nitrogens with zero attached hydrogens (tertiary/aromatic N) is 3. The molecular weight excluding hydrogens is 386 g/mol. The number of carbonyl (C=O) groups excluding carboxylic acids is 1. The Bertz CT molecular complexity index is 1140. The predicted octanol–water partition coefficient (Wildman–Crippen LogP) is -0.801. The fourth-order valence-electron chi connectivity index (χ4n) is 3.90. The normalized spacial score (nSPS) is 15.0. The topological polar surface area (TPSA) is 104 Å². The number of hydrogen-bond donors (Lipinski definition) is 2. The van der Waals surface area contributed by atoms with Gasteiger partial charge in [0.1, 0.15) is 24.0 Å². The van der Waals surface area contributed by atoms with E-state index >= 15 is 0 Å². The molecule has 1 saturated heterocycles. The van der Waals surface area contributed by atoms with Gasteiger partial charge >= 0.3 is 5.97 Å². The van der Waals surface area contributed by atoms with Gasteiger partial charge in [0.2, 0.25) is 11.5 Å². The molecule has 0 atom stereocenters. The highest BCUT2D eigenvalue weighted by Gasteiger charge is 2.25. The van der Waals surface area contributed by atoms with Crippen molar-refractivity contribution in [3.8, 4) is 0 Å². The van der Waals surface area contributed by atoms with E-state index in [1.165, 1.54) is 15.4 Å². The zero-order valence-corrected chi connectivity index (χ0v) is 17.1. The molecule has 9 nitrogen and oxygen atoms in total. The summed E-state index contributed by atoms with van der Waals surface area (Å²) in [6, 6.07) is 6.88. The zero-order chi connectivity index (χ0) is 21.1. The highest BCUT2D eigenvalue weighted by Crippen LogP contribution is 2.15. The first-order valence-corrected chi connectivity index (χ1v) is 10.3. The van der Waals surface area contributed by atoms with E-state index in [-0.39, 0.29) is 23.5 Å². The molecule has 0 spiro atoms. The van der Waals surface area contributed by atoms with Gasteiger partial charge in [0.25, 0.3) is 11.2 Å². The molecular formula is C21H27N5O4+2. The molecule has 9 heteroatoms. The average molecular weight is 413 g/mol. The van der Waals surface area contributed by atoms with Crippen molar-refractivity contribution in [1.29, 1.82) is 0 Å². The van der Waals surface area contributed by atoms with Gasteiger partial charge in [-0.15, -0.1) is 0 Å². The molecule has 1 aliphatic heterocycles. The van der Waals surface area contributed by atoms with Crippen molar-refractivity contribution in [2.75, 3.05) is 45.2 Å². The lowest BCUT2D eigenvalue weighted by atomic mass is 10.2. The Balaban J connectivity index is 1.79. The van der Waals surface area contributed by atoms with Gasteiger partial charge in [-0.25, -0.2) is 9.36 Å². The summed E-state index contributed by atoms with van der Waals surface area (Å²) in [5.74, 6) is -0.271. The van der Waals surface area contributed by atoms with Gasteiger partial charge in [0.05, 0.1) is 32.9 Å². The van der Waals surface area contributed by atoms with Crippen LogP contribution in [0, 0.1) is 0 Å². The maximum absolute atomic E-state index is 13.1. The Hall–Kier alpha value is -3.04. The number of aromatic nitrogens is 3. The van der Waals surface area contributed by atoms with Crippen molar-refractivity contribution in [3.63, 3.8) is 0 Å². The number of morpholine rings is 1. The number of esters is 1. The largest absolute Gasteiger partial charge is 0.462 e. The standard InChI is InChI=1S/C21H25N5O4/c1-2-30-21(28)15-14-16-19(23-17-6-3-4-8-25(17)20(16)27)26(18(15)22)9-5-7-24-10-12-29-13-11-24/h3-4,6,8,14,22H,2,5,7,9-13H2,1H3/p+2. The third-order valence-corrected chi connectivity index (χ3v) is 5.47. The lowest BCUT2D eigenvalue weighted by molar-refractivity contribution is -0.910. The van der Waals surface area contributed by atoms with Crippen LogP contribution in [0.15, 0.2) is 35.3 Å². The minimum Gasteiger partial charge on any atom is -0.462 e. The maximum Gasteiger partial charge on any atom is 0.344 e. The molecule has 4 rings (SSSR count). The van der Waals surface area contributed by atoms with E-state index in [1.807, 2.05) is 6.07 Å². The van der Waals surface area contributed by atoms with Gasteiger partial charge in [0.15, 0.2) is 0 Å². The number of carbonyl (C=O) groups is 1. The van der Waals surface area contributed by atoms with Gasteiger partial charge in [-0.3, -0.25) is 9.20 Å². The van der Waals surface area contributed by atoms with Crippen molar-refractivity contribution in [1.82, 2.24) is 9.38 Å². The van der Waals surface area contributed by atoms with Crippen LogP contribution in [0.1, 0.15) is 23.7 Å². The van der Waals surface area contributed by atoms with E-state index in [0.717, 1.165) is 39.3 Å². The summed E-state index contributed by atoms with van der Waals surface area (Å²) >= 11 is 0. The van der Waals surface area contributed by atoms with Gasteiger partial charge in [-0.2, -0.15) is 0 Å². The van der Waals surface area contributed by atoms with E-state index in [1.54, 1.807) is 29.8 Å². The lowest BCUT2D eigenvalue weighted by Gasteiger charge is -2.23. The Morgan fingerprint density at radius 2 is 2.17 bits per heavy atom. The molecule has 0 saturated carbocycles. The first-order valence-electron chi connectivity index (χ1n) is 10.3. The third kappa shape index (κ3) is 3.86. The Kier molecular flexibility index (Phi) is 5.91. The van der Waals surface area contributed by atoms with Gasteiger partial charge in [0, 0.05) is 12.6 Å². The molecule has 3 N–H and O–H groups in total. The number of fused-ring (bicyclic) bond motifs is 2. The van der Waals surface area contributed by atoms with Crippen molar-refractivity contribution >= 4 is 28.5 Å². The fourth-order valence-corrected chi connectivity index (χ4v) is 3.90. The van der Waals surface area contributed by atoms with Crippen LogP contribution >= 0.6 is 0 Å². The summed E-state index contributed by atoms with van der Waals surface area (Å²) in [4.78, 5) is 31.8. The molecule has 3 aromatic heterocycles. The van der Waals surface area contributed by atoms with E-state index in [9.17, 15) is 9.59 Å². The SMILES string of the molecule is CCOC(=O)c1cc2c(=O)n3ccccc3nc2[n+](CCC[NH+]2CCOCC2)c1N. The first-order chi connectivity index (χ1) is 14.6. The van der Waals surface area contributed by atoms with Gasteiger partial charge in [-0.1, -0.05) is 11.1 Å². The lowest BCUT2D eigenvalue weighted by Crippen LogP contribution is -3.14. The number of nitrogens with two attached hydrogens (primary N) is 1. The van der Waals surface area contributed by atoms with E-state index in [4.69, 9.17) is 15.2 Å². The number of pyridine rings is 2. The summed E-state index contributed by atoms with van der Waals surface area (Å²) in [7, 11) is 0. The maximum atomic E-state index is 13.1. The predicted molar refractivity (Wildman–Crippen MR) is 111 cm³/mol. The van der Waals surface area contributed by atoms with Crippen LogP contribution < -0.4 is 20.8 Å². The van der Waals surface area contributed by atoms with Crippen LogP contribution in [0.4, 0.5) is 5.82 Å². The van der Waals surface area contributed by atoms with Crippen LogP contribution in [0.25, 0.3) is 16.7 Å². The second-order valence-corrected chi connectivity index (χ2v) is 7.36. The second-order valence-electron chi connectivity index (χ2n) is 7.36. The highest BCUT2D eigenvalue weighted by molar-refractivity contribution is 5.96. The number of nitrogens with one attached hydrogen (secondary N) is 1. The molecule has 3 aromatic rings. The van der Waals surface area contributed by atoms with Crippen LogP contribution in [0.2, 0.25) is 0 Å². The summed E-state index contributed by atoms with van der Waals surface area (Å²) in [5.41, 5.74) is 7.34. The molecule has 0 unspecified atom stereocenters. The number of rotatable bonds is 6. The molecule has 0 amide bonds. The Morgan fingerprint density at radius 3 is 2.93 bits per heavy atom. The number of aryl methyl sites for hydroxylation is 1. The third-order valence-electron chi connectivity index (χ3n) is 5.47. The Labute approximate surface area is 173 Å². The van der Waals surface area contributed by atoms with Crippen LogP contribution in [0.3, 0.4) is 0 Å². The van der Waals surface area contributed by atoms with Crippen LogP contribution in [0.5, 0.6) is 0 Å². The van der Waals surface area contributed by atoms with Gasteiger partial charge < -0.3 is 20.1 Å². The Morgan fingerprint density at radius 1 is 1.37 bits per heavy atom. The van der Waals surface area contributed by atoms with Gasteiger partial charge in [-0.05, 0) is 25.1 Å². The van der Waals surface area contributed by atoms with Crippen molar-refractivity contribution < 1.29 is 23.7 Å². The number of nitrogen functional groups attached to an aromatic ring is 1. The minimum absolute atomic E-state index is 0.192. The summed E-state index contributed by atoms with van der Waals surface area (Å²) in [6.07, 6.45) is 2.50. The molecule has 158 valence electrons. The molecule has 4 heterocycles. The number of ether oxygens (including phenoxy) is 2. The molecule has 0 radical (unpaired) electrons. The van der Waals surface area contributed by atoms with E-state index in [2.05, 4.69) is 4.98 Å². The number of anilines is 1. The molecule has 30 heavy (non-hydrogen) atoms. The fraction of sp³-hybridized carbons (Fsp3) is 0.429. The smallest absolute Gasteiger partial charge is 0.344 e. The summed E-state index contributed by atoms with van der Waals surface area (Å²) < 4.78 is 13.8. The van der Waals surface area contributed by atoms with E-state index in [0.29, 0.717) is 23.2 Å². The molecule has 0 aliphatic carbocycles. The average Bonchev–Trinajstić information content (AvgIpc) is 2.76. The van der Waals surface area contributed by atoms with Crippen LogP contribution in [-0.2, 0) is 16.0 Å². The van der Waals surface area contributed by atoms with Crippen molar-refractivity contribution in [2.45, 2.75) is 19.9 Å². The monoisotopic (exact) mass is 413 g/mol. The minimum atomic E-state index is -0.540. The van der Waals surface area contributed by atoms with E-state index < -0.39 is 5.97 Å². The number of hydrogen-bond acceptors (Lipinski definition) is 6. The number of quaternary nitrogens is 1. The quantitative estimate of drug-likeness (QED) is 0.312.